The van der Waals surface area contributed by atoms with Crippen LogP contribution in [0.2, 0.25) is 0 Å². The minimum absolute atomic E-state index is 0.283. The lowest BCUT2D eigenvalue weighted by atomic mass is 10.2. The maximum atomic E-state index is 5.51. The molecule has 0 saturated heterocycles. The summed E-state index contributed by atoms with van der Waals surface area (Å²) in [5, 5.41) is 19.3. The molecule has 0 spiro atoms. The van der Waals surface area contributed by atoms with Crippen LogP contribution in [0.25, 0.3) is 23.0 Å². The third kappa shape index (κ3) is 3.40. The van der Waals surface area contributed by atoms with Crippen molar-refractivity contribution in [2.24, 2.45) is 0 Å². The third-order valence-electron chi connectivity index (χ3n) is 4.64. The molecule has 0 unspecified atom stereocenters. The summed E-state index contributed by atoms with van der Waals surface area (Å²) >= 11 is 3.43. The van der Waals surface area contributed by atoms with Crippen molar-refractivity contribution in [3.63, 3.8) is 0 Å². The van der Waals surface area contributed by atoms with Crippen molar-refractivity contribution in [2.75, 3.05) is 11.5 Å². The first-order chi connectivity index (χ1) is 14.3. The first kappa shape index (κ1) is 18.3. The average Bonchev–Trinajstić information content (AvgIpc) is 3.52. The molecule has 9 heteroatoms. The smallest absolute Gasteiger partial charge is 0.200 e. The normalized spacial score (nSPS) is 15.5. The van der Waals surface area contributed by atoms with Gasteiger partial charge in [0.25, 0.3) is 0 Å². The van der Waals surface area contributed by atoms with Gasteiger partial charge in [0, 0.05) is 23.6 Å². The second-order valence-corrected chi connectivity index (χ2v) is 8.48. The minimum Gasteiger partial charge on any atom is -0.461 e. The van der Waals surface area contributed by atoms with Crippen molar-refractivity contribution in [3.8, 4) is 23.0 Å². The number of allylic oxidation sites excluding steroid dienone is 1. The monoisotopic (exact) mass is 422 g/mol. The van der Waals surface area contributed by atoms with Gasteiger partial charge in [0.2, 0.25) is 5.82 Å². The van der Waals surface area contributed by atoms with Gasteiger partial charge in [-0.25, -0.2) is 0 Å². The maximum Gasteiger partial charge on any atom is 0.200 e. The van der Waals surface area contributed by atoms with Crippen LogP contribution in [-0.4, -0.2) is 41.0 Å². The fourth-order valence-electron chi connectivity index (χ4n) is 3.30. The number of fused-ring (bicyclic) bond motifs is 1. The van der Waals surface area contributed by atoms with Gasteiger partial charge in [-0.2, -0.15) is 0 Å². The van der Waals surface area contributed by atoms with Crippen LogP contribution in [0.15, 0.2) is 76.1 Å². The highest BCUT2D eigenvalue weighted by Gasteiger charge is 2.29. The molecule has 0 saturated carbocycles. The SMILES string of the molecule is C=CCn1c(SC[C@H]2CSc3nnc(-c4ccccc4)n32)nnc1-c1ccco1. The molecule has 1 aliphatic rings. The summed E-state index contributed by atoms with van der Waals surface area (Å²) in [6.45, 7) is 4.49. The van der Waals surface area contributed by atoms with Crippen LogP contribution in [0.1, 0.15) is 6.04 Å². The Hall–Kier alpha value is -2.78. The maximum absolute atomic E-state index is 5.51. The van der Waals surface area contributed by atoms with Gasteiger partial charge in [-0.05, 0) is 12.1 Å². The minimum atomic E-state index is 0.283. The molecule has 1 aliphatic heterocycles. The lowest BCUT2D eigenvalue weighted by molar-refractivity contribution is 0.569. The van der Waals surface area contributed by atoms with Gasteiger partial charge < -0.3 is 4.42 Å². The van der Waals surface area contributed by atoms with Crippen molar-refractivity contribution in [2.45, 2.75) is 22.9 Å². The Labute approximate surface area is 176 Å². The van der Waals surface area contributed by atoms with Crippen LogP contribution in [0.4, 0.5) is 0 Å². The molecule has 1 atom stereocenters. The molecule has 0 bridgehead atoms. The van der Waals surface area contributed by atoms with E-state index < -0.39 is 0 Å². The second-order valence-electron chi connectivity index (χ2n) is 6.50. The number of furan rings is 1. The van der Waals surface area contributed by atoms with Crippen molar-refractivity contribution in [3.05, 3.63) is 61.4 Å². The summed E-state index contributed by atoms with van der Waals surface area (Å²) in [6, 6.07) is 14.2. The molecule has 0 fully saturated rings. The van der Waals surface area contributed by atoms with Crippen LogP contribution >= 0.6 is 23.5 Å². The lowest BCUT2D eigenvalue weighted by Crippen LogP contribution is -2.12. The Morgan fingerprint density at radius 3 is 2.76 bits per heavy atom. The summed E-state index contributed by atoms with van der Waals surface area (Å²) in [5.41, 5.74) is 1.08. The number of hydrogen-bond acceptors (Lipinski definition) is 7. The van der Waals surface area contributed by atoms with Crippen molar-refractivity contribution in [1.29, 1.82) is 0 Å². The zero-order chi connectivity index (χ0) is 19.6. The van der Waals surface area contributed by atoms with Gasteiger partial charge in [0.05, 0.1) is 12.3 Å². The molecule has 0 aliphatic carbocycles. The first-order valence-corrected chi connectivity index (χ1v) is 11.2. The summed E-state index contributed by atoms with van der Waals surface area (Å²) in [5.74, 6) is 4.16. The topological polar surface area (TPSA) is 74.6 Å². The Balaban J connectivity index is 1.39. The highest BCUT2D eigenvalue weighted by molar-refractivity contribution is 8.00. The van der Waals surface area contributed by atoms with Crippen molar-refractivity contribution in [1.82, 2.24) is 29.5 Å². The fourth-order valence-corrected chi connectivity index (χ4v) is 5.56. The van der Waals surface area contributed by atoms with Gasteiger partial charge in [0.1, 0.15) is 0 Å². The van der Waals surface area contributed by atoms with Crippen LogP contribution in [0, 0.1) is 0 Å². The van der Waals surface area contributed by atoms with E-state index in [4.69, 9.17) is 4.42 Å². The molecule has 4 heterocycles. The molecular formula is C20H18N6OS2. The van der Waals surface area contributed by atoms with Crippen LogP contribution in [0.5, 0.6) is 0 Å². The van der Waals surface area contributed by atoms with E-state index in [9.17, 15) is 0 Å². The van der Waals surface area contributed by atoms with E-state index in [-0.39, 0.29) is 6.04 Å². The summed E-state index contributed by atoms with van der Waals surface area (Å²) < 4.78 is 9.78. The number of benzene rings is 1. The second kappa shape index (κ2) is 7.92. The van der Waals surface area contributed by atoms with E-state index >= 15 is 0 Å². The molecule has 4 aromatic rings. The average molecular weight is 423 g/mol. The molecule has 5 rings (SSSR count). The predicted molar refractivity (Wildman–Crippen MR) is 114 cm³/mol. The zero-order valence-electron chi connectivity index (χ0n) is 15.5. The number of hydrogen-bond donors (Lipinski definition) is 0. The van der Waals surface area contributed by atoms with E-state index in [2.05, 4.69) is 43.7 Å². The van der Waals surface area contributed by atoms with E-state index in [0.29, 0.717) is 18.1 Å². The molecule has 7 nitrogen and oxygen atoms in total. The molecule has 0 radical (unpaired) electrons. The summed E-state index contributed by atoms with van der Waals surface area (Å²) in [7, 11) is 0. The molecule has 0 amide bonds. The zero-order valence-corrected chi connectivity index (χ0v) is 17.1. The van der Waals surface area contributed by atoms with Gasteiger partial charge in [-0.3, -0.25) is 9.13 Å². The third-order valence-corrected chi connectivity index (χ3v) is 6.84. The van der Waals surface area contributed by atoms with Crippen LogP contribution < -0.4 is 0 Å². The summed E-state index contributed by atoms with van der Waals surface area (Å²) in [4.78, 5) is 0. The van der Waals surface area contributed by atoms with E-state index in [1.54, 1.807) is 29.8 Å². The number of rotatable bonds is 7. The van der Waals surface area contributed by atoms with E-state index in [0.717, 1.165) is 33.2 Å². The first-order valence-electron chi connectivity index (χ1n) is 9.19. The highest BCUT2D eigenvalue weighted by Crippen LogP contribution is 2.39. The highest BCUT2D eigenvalue weighted by atomic mass is 32.2. The van der Waals surface area contributed by atoms with E-state index in [1.165, 1.54) is 0 Å². The number of aromatic nitrogens is 6. The van der Waals surface area contributed by atoms with Crippen molar-refractivity contribution >= 4 is 23.5 Å². The Bertz CT molecular complexity index is 1120. The van der Waals surface area contributed by atoms with E-state index in [1.807, 2.05) is 41.0 Å². The number of thioether (sulfide) groups is 2. The van der Waals surface area contributed by atoms with Crippen LogP contribution in [-0.2, 0) is 6.54 Å². The molecule has 0 N–H and O–H groups in total. The molecule has 29 heavy (non-hydrogen) atoms. The molecule has 3 aromatic heterocycles. The molecule has 1 aromatic carbocycles. The standard InChI is InChI=1S/C20H18N6OS2/c1-2-10-25-18(16-9-6-11-27-16)22-23-19(25)28-12-15-13-29-20-24-21-17(26(15)20)14-7-4-3-5-8-14/h2-9,11,15H,1,10,12-13H2/t15-/m0/s1. The van der Waals surface area contributed by atoms with Gasteiger partial charge in [0.15, 0.2) is 21.9 Å². The lowest BCUT2D eigenvalue weighted by Gasteiger charge is -2.14. The Kier molecular flexibility index (Phi) is 4.99. The van der Waals surface area contributed by atoms with Gasteiger partial charge in [-0.15, -0.1) is 27.0 Å². The summed E-state index contributed by atoms with van der Waals surface area (Å²) in [6.07, 6.45) is 3.49. The quantitative estimate of drug-likeness (QED) is 0.322. The fraction of sp³-hybridized carbons (Fsp3) is 0.200. The van der Waals surface area contributed by atoms with Gasteiger partial charge >= 0.3 is 0 Å². The van der Waals surface area contributed by atoms with Crippen LogP contribution in [0.3, 0.4) is 0 Å². The van der Waals surface area contributed by atoms with Gasteiger partial charge in [-0.1, -0.05) is 59.9 Å². The Morgan fingerprint density at radius 1 is 1.10 bits per heavy atom. The predicted octanol–water partition coefficient (Wildman–Crippen LogP) is 4.42. The molecular weight excluding hydrogens is 404 g/mol. The molecule has 146 valence electrons. The Morgan fingerprint density at radius 2 is 1.97 bits per heavy atom. The number of nitrogens with zero attached hydrogens (tertiary/aromatic N) is 6. The van der Waals surface area contributed by atoms with Crippen molar-refractivity contribution < 1.29 is 4.42 Å². The largest absolute Gasteiger partial charge is 0.461 e.